The van der Waals surface area contributed by atoms with Crippen molar-refractivity contribution in [2.24, 2.45) is 0 Å². The molecule has 0 aliphatic carbocycles. The van der Waals surface area contributed by atoms with E-state index in [0.717, 1.165) is 11.3 Å². The molecule has 0 heterocycles. The van der Waals surface area contributed by atoms with Gasteiger partial charge in [0.25, 0.3) is 0 Å². The lowest BCUT2D eigenvalue weighted by Crippen LogP contribution is -2.07. The minimum Gasteiger partial charge on any atom is -0.493 e. The molecule has 0 atom stereocenters. The lowest BCUT2D eigenvalue weighted by atomic mass is 10.2. The Morgan fingerprint density at radius 1 is 1.31 bits per heavy atom. The van der Waals surface area contributed by atoms with E-state index in [0.29, 0.717) is 6.61 Å². The molecule has 0 bridgehead atoms. The maximum atomic E-state index is 10.8. The summed E-state index contributed by atoms with van der Waals surface area (Å²) in [4.78, 5) is 10.8. The van der Waals surface area contributed by atoms with Gasteiger partial charge in [-0.2, -0.15) is 0 Å². The van der Waals surface area contributed by atoms with Gasteiger partial charge >= 0.3 is 5.97 Å². The summed E-state index contributed by atoms with van der Waals surface area (Å²) in [7, 11) is 1.37. The smallest absolute Gasteiger partial charge is 0.308 e. The highest BCUT2D eigenvalue weighted by atomic mass is 16.5. The Morgan fingerprint density at radius 3 is 2.56 bits per heavy atom. The Balaban J connectivity index is 0.00000106. The van der Waals surface area contributed by atoms with Gasteiger partial charge in [0.05, 0.1) is 20.1 Å². The van der Waals surface area contributed by atoms with E-state index in [1.807, 2.05) is 45.0 Å². The highest BCUT2D eigenvalue weighted by molar-refractivity contribution is 5.69. The number of rotatable bonds is 4. The lowest BCUT2D eigenvalue weighted by Gasteiger charge is -2.05. The van der Waals surface area contributed by atoms with Crippen molar-refractivity contribution in [3.8, 4) is 5.75 Å². The van der Waals surface area contributed by atoms with E-state index >= 15 is 0 Å². The van der Waals surface area contributed by atoms with Crippen molar-refractivity contribution in [1.82, 2.24) is 0 Å². The van der Waals surface area contributed by atoms with Crippen LogP contribution in [-0.4, -0.2) is 19.7 Å². The van der Waals surface area contributed by atoms with Crippen LogP contribution >= 0.6 is 0 Å². The van der Waals surface area contributed by atoms with Crippen LogP contribution in [0.1, 0.15) is 25.8 Å². The average molecular weight is 224 g/mol. The van der Waals surface area contributed by atoms with Gasteiger partial charge in [-0.25, -0.2) is 0 Å². The Bertz CT molecular complexity index is 308. The van der Waals surface area contributed by atoms with Crippen LogP contribution in [0.2, 0.25) is 0 Å². The Morgan fingerprint density at radius 2 is 2.00 bits per heavy atom. The molecule has 0 saturated heterocycles. The molecule has 0 radical (unpaired) electrons. The second-order valence-corrected chi connectivity index (χ2v) is 2.99. The van der Waals surface area contributed by atoms with Gasteiger partial charge in [-0.05, 0) is 24.6 Å². The predicted octanol–water partition coefficient (Wildman–Crippen LogP) is 2.96. The molecule has 0 aliphatic rings. The minimum atomic E-state index is -0.252. The van der Waals surface area contributed by atoms with E-state index in [2.05, 4.69) is 4.74 Å². The van der Waals surface area contributed by atoms with Gasteiger partial charge in [-0.15, -0.1) is 0 Å². The monoisotopic (exact) mass is 224 g/mol. The molecule has 0 aromatic heterocycles. The van der Waals surface area contributed by atoms with Gasteiger partial charge in [0.15, 0.2) is 0 Å². The number of methoxy groups -OCH3 is 1. The number of hydrogen-bond donors (Lipinski definition) is 0. The first-order valence-electron chi connectivity index (χ1n) is 5.48. The van der Waals surface area contributed by atoms with Crippen LogP contribution in [0.4, 0.5) is 0 Å². The van der Waals surface area contributed by atoms with Crippen molar-refractivity contribution in [2.75, 3.05) is 13.7 Å². The maximum absolute atomic E-state index is 10.8. The van der Waals surface area contributed by atoms with E-state index in [9.17, 15) is 4.79 Å². The summed E-state index contributed by atoms with van der Waals surface area (Å²) in [6, 6.07) is 7.71. The summed E-state index contributed by atoms with van der Waals surface area (Å²) in [5, 5.41) is 0. The minimum absolute atomic E-state index is 0.252. The topological polar surface area (TPSA) is 35.5 Å². The summed E-state index contributed by atoms with van der Waals surface area (Å²) in [5.74, 6) is 0.534. The molecule has 0 saturated carbocycles. The molecule has 0 unspecified atom stereocenters. The van der Waals surface area contributed by atoms with Crippen LogP contribution in [0.25, 0.3) is 0 Å². The van der Waals surface area contributed by atoms with E-state index in [1.165, 1.54) is 7.11 Å². The van der Waals surface area contributed by atoms with Crippen LogP contribution < -0.4 is 4.74 Å². The molecule has 3 nitrogen and oxygen atoms in total. The fraction of sp³-hybridized carbons (Fsp3) is 0.462. The molecule has 0 fully saturated rings. The summed E-state index contributed by atoms with van der Waals surface area (Å²) in [6.45, 7) is 6.35. The zero-order valence-corrected chi connectivity index (χ0v) is 10.4. The van der Waals surface area contributed by atoms with Gasteiger partial charge in [0.1, 0.15) is 5.75 Å². The van der Waals surface area contributed by atoms with Crippen molar-refractivity contribution in [3.63, 3.8) is 0 Å². The fourth-order valence-electron chi connectivity index (χ4n) is 1.06. The zero-order valence-electron chi connectivity index (χ0n) is 10.4. The van der Waals surface area contributed by atoms with Crippen molar-refractivity contribution < 1.29 is 14.3 Å². The quantitative estimate of drug-likeness (QED) is 0.738. The third-order valence-corrected chi connectivity index (χ3v) is 1.79. The highest BCUT2D eigenvalue weighted by Crippen LogP contribution is 2.12. The van der Waals surface area contributed by atoms with Gasteiger partial charge in [-0.3, -0.25) is 4.79 Å². The van der Waals surface area contributed by atoms with E-state index in [-0.39, 0.29) is 12.4 Å². The first-order chi connectivity index (χ1) is 7.72. The van der Waals surface area contributed by atoms with Crippen molar-refractivity contribution in [2.45, 2.75) is 27.2 Å². The molecule has 3 heteroatoms. The highest BCUT2D eigenvalue weighted by Gasteiger charge is 2.00. The second-order valence-electron chi connectivity index (χ2n) is 2.99. The number of aryl methyl sites for hydroxylation is 1. The zero-order chi connectivity index (χ0) is 12.4. The van der Waals surface area contributed by atoms with Crippen LogP contribution in [-0.2, 0) is 9.53 Å². The first kappa shape index (κ1) is 14.5. The molecule has 1 rings (SSSR count). The lowest BCUT2D eigenvalue weighted by molar-refractivity contribution is -0.141. The molecular formula is C13H20O3. The third kappa shape index (κ3) is 6.06. The Kier molecular flexibility index (Phi) is 7.94. The molecule has 16 heavy (non-hydrogen) atoms. The number of esters is 1. The molecule has 0 N–H and O–H groups in total. The molecule has 0 aliphatic heterocycles. The summed E-state index contributed by atoms with van der Waals surface area (Å²) in [5.41, 5.74) is 1.14. The van der Waals surface area contributed by atoms with Gasteiger partial charge in [0.2, 0.25) is 0 Å². The van der Waals surface area contributed by atoms with Crippen LogP contribution in [0.3, 0.4) is 0 Å². The number of carbonyl (C=O) groups is 1. The molecule has 0 amide bonds. The van der Waals surface area contributed by atoms with Gasteiger partial charge in [0, 0.05) is 0 Å². The van der Waals surface area contributed by atoms with Crippen molar-refractivity contribution >= 4 is 5.97 Å². The largest absolute Gasteiger partial charge is 0.493 e. The van der Waals surface area contributed by atoms with E-state index in [1.54, 1.807) is 0 Å². The average Bonchev–Trinajstić information content (AvgIpc) is 2.31. The van der Waals surface area contributed by atoms with Gasteiger partial charge < -0.3 is 9.47 Å². The van der Waals surface area contributed by atoms with Crippen LogP contribution in [0, 0.1) is 6.92 Å². The molecule has 0 spiro atoms. The Labute approximate surface area is 97.4 Å². The van der Waals surface area contributed by atoms with Gasteiger partial charge in [-0.1, -0.05) is 26.0 Å². The van der Waals surface area contributed by atoms with E-state index in [4.69, 9.17) is 4.74 Å². The summed E-state index contributed by atoms with van der Waals surface area (Å²) >= 11 is 0. The number of ether oxygens (including phenoxy) is 2. The van der Waals surface area contributed by atoms with Crippen molar-refractivity contribution in [3.05, 3.63) is 29.8 Å². The number of hydrogen-bond acceptors (Lipinski definition) is 3. The normalized spacial score (nSPS) is 8.75. The third-order valence-electron chi connectivity index (χ3n) is 1.79. The molecule has 1 aromatic rings. The second kappa shape index (κ2) is 8.77. The predicted molar refractivity (Wildman–Crippen MR) is 64.7 cm³/mol. The van der Waals surface area contributed by atoms with Crippen LogP contribution in [0.15, 0.2) is 24.3 Å². The SMILES string of the molecule is CC.COC(=O)CCOc1cccc(C)c1. The maximum Gasteiger partial charge on any atom is 0.308 e. The number of carbonyl (C=O) groups excluding carboxylic acids is 1. The van der Waals surface area contributed by atoms with Crippen LogP contribution in [0.5, 0.6) is 5.75 Å². The standard InChI is InChI=1S/C11H14O3.C2H6/c1-9-4-3-5-10(8-9)14-7-6-11(12)13-2;1-2/h3-5,8H,6-7H2,1-2H3;1-2H3. The van der Waals surface area contributed by atoms with E-state index < -0.39 is 0 Å². The summed E-state index contributed by atoms with van der Waals surface area (Å²) < 4.78 is 9.85. The Hall–Kier alpha value is -1.51. The first-order valence-corrected chi connectivity index (χ1v) is 5.48. The number of benzene rings is 1. The molecule has 1 aromatic carbocycles. The van der Waals surface area contributed by atoms with Crippen molar-refractivity contribution in [1.29, 1.82) is 0 Å². The fourth-order valence-corrected chi connectivity index (χ4v) is 1.06. The summed E-state index contributed by atoms with van der Waals surface area (Å²) in [6.07, 6.45) is 0.282. The molecule has 90 valence electrons. The molecular weight excluding hydrogens is 204 g/mol.